The van der Waals surface area contributed by atoms with Crippen LogP contribution >= 0.6 is 23.2 Å². The maximum atomic E-state index is 13.6. The second-order valence-electron chi connectivity index (χ2n) is 9.04. The maximum absolute atomic E-state index is 13.6. The largest absolute Gasteiger partial charge is 0.350 e. The van der Waals surface area contributed by atoms with Gasteiger partial charge in [-0.2, -0.15) is 5.10 Å². The number of rotatable bonds is 3. The first-order valence-electron chi connectivity index (χ1n) is 11.5. The summed E-state index contributed by atoms with van der Waals surface area (Å²) in [5.74, 6) is -0.232. The Morgan fingerprint density at radius 3 is 2.86 bits per heavy atom. The van der Waals surface area contributed by atoms with Crippen LogP contribution in [0.1, 0.15) is 44.9 Å². The van der Waals surface area contributed by atoms with Crippen molar-refractivity contribution in [3.8, 4) is 0 Å². The number of aromatic amines is 1. The lowest BCUT2D eigenvalue weighted by molar-refractivity contribution is 0.0633. The quantitative estimate of drug-likeness (QED) is 0.446. The predicted octanol–water partition coefficient (Wildman–Crippen LogP) is 4.31. The lowest BCUT2D eigenvalue weighted by atomic mass is 9.98. The van der Waals surface area contributed by atoms with Crippen LogP contribution in [0, 0.1) is 0 Å². The van der Waals surface area contributed by atoms with Crippen LogP contribution in [0.4, 0.5) is 0 Å². The monoisotopic (exact) mass is 508 g/mol. The Hall–Kier alpha value is -3.36. The number of H-pyrrole nitrogens is 1. The number of carbonyl (C=O) groups excluding carboxylic acids is 2. The minimum Gasteiger partial charge on any atom is -0.350 e. The second kappa shape index (κ2) is 8.39. The van der Waals surface area contributed by atoms with E-state index in [1.54, 1.807) is 38.9 Å². The first kappa shape index (κ1) is 22.1. The third kappa shape index (κ3) is 3.68. The smallest absolute Gasteiger partial charge is 0.272 e. The highest BCUT2D eigenvalue weighted by Crippen LogP contribution is 2.33. The molecular weight excluding hydrogens is 487 g/mol. The Morgan fingerprint density at radius 2 is 2.06 bits per heavy atom. The summed E-state index contributed by atoms with van der Waals surface area (Å²) in [5.41, 5.74) is 4.30. The van der Waals surface area contributed by atoms with Crippen LogP contribution in [0.3, 0.4) is 0 Å². The van der Waals surface area contributed by atoms with Crippen molar-refractivity contribution in [2.45, 2.75) is 39.0 Å². The van der Waals surface area contributed by atoms with E-state index in [2.05, 4.69) is 9.97 Å². The van der Waals surface area contributed by atoms with Crippen LogP contribution in [0.15, 0.2) is 42.6 Å². The molecule has 4 aromatic rings. The van der Waals surface area contributed by atoms with Crippen LogP contribution in [0.5, 0.6) is 0 Å². The average molecular weight is 509 g/mol. The Balaban J connectivity index is 1.30. The number of fused-ring (bicyclic) bond motifs is 4. The first-order valence-corrected chi connectivity index (χ1v) is 12.2. The Kier molecular flexibility index (Phi) is 5.30. The van der Waals surface area contributed by atoms with Crippen LogP contribution in [-0.4, -0.2) is 53.9 Å². The van der Waals surface area contributed by atoms with Crippen molar-refractivity contribution in [2.24, 2.45) is 0 Å². The first-order chi connectivity index (χ1) is 16.9. The molecule has 0 bridgehead atoms. The molecule has 0 fully saturated rings. The molecule has 1 aromatic carbocycles. The number of amides is 2. The van der Waals surface area contributed by atoms with Crippen molar-refractivity contribution < 1.29 is 9.59 Å². The topological polar surface area (TPSA) is 87.1 Å². The number of pyridine rings is 1. The molecule has 0 unspecified atom stereocenters. The summed E-state index contributed by atoms with van der Waals surface area (Å²) >= 11 is 12.5. The van der Waals surface area contributed by atoms with Gasteiger partial charge in [-0.3, -0.25) is 19.3 Å². The fraction of sp³-hybridized carbons (Fsp3) is 0.280. The molecule has 10 heteroatoms. The third-order valence-electron chi connectivity index (χ3n) is 6.82. The van der Waals surface area contributed by atoms with E-state index in [1.165, 1.54) is 0 Å². The van der Waals surface area contributed by atoms with Gasteiger partial charge in [-0.05, 0) is 37.3 Å². The highest BCUT2D eigenvalue weighted by atomic mass is 35.5. The maximum Gasteiger partial charge on any atom is 0.272 e. The summed E-state index contributed by atoms with van der Waals surface area (Å²) in [6.45, 7) is 3.94. The van der Waals surface area contributed by atoms with E-state index < -0.39 is 0 Å². The summed E-state index contributed by atoms with van der Waals surface area (Å²) < 4.78 is 1.80. The molecule has 178 valence electrons. The minimum atomic E-state index is -0.153. The number of halogens is 2. The number of aromatic nitrogens is 4. The molecule has 8 nitrogen and oxygen atoms in total. The summed E-state index contributed by atoms with van der Waals surface area (Å²) in [7, 11) is 0. The van der Waals surface area contributed by atoms with Gasteiger partial charge in [0.15, 0.2) is 0 Å². The van der Waals surface area contributed by atoms with E-state index in [4.69, 9.17) is 28.3 Å². The van der Waals surface area contributed by atoms with Gasteiger partial charge in [0.05, 0.1) is 41.1 Å². The highest BCUT2D eigenvalue weighted by molar-refractivity contribution is 6.45. The Morgan fingerprint density at radius 1 is 1.20 bits per heavy atom. The lowest BCUT2D eigenvalue weighted by Crippen LogP contribution is -2.44. The summed E-state index contributed by atoms with van der Waals surface area (Å²) in [6, 6.07) is 10.9. The van der Waals surface area contributed by atoms with Gasteiger partial charge in [-0.25, -0.2) is 0 Å². The van der Waals surface area contributed by atoms with Gasteiger partial charge in [0.25, 0.3) is 11.8 Å². The van der Waals surface area contributed by atoms with Crippen LogP contribution in [0.25, 0.3) is 10.9 Å². The molecule has 1 N–H and O–H groups in total. The van der Waals surface area contributed by atoms with E-state index in [9.17, 15) is 9.59 Å². The highest BCUT2D eigenvalue weighted by Gasteiger charge is 2.37. The fourth-order valence-corrected chi connectivity index (χ4v) is 5.37. The van der Waals surface area contributed by atoms with Gasteiger partial charge in [0.2, 0.25) is 0 Å². The molecule has 2 aliphatic heterocycles. The average Bonchev–Trinajstić information content (AvgIpc) is 3.45. The molecule has 0 saturated carbocycles. The summed E-state index contributed by atoms with van der Waals surface area (Å²) in [4.78, 5) is 38.1. The number of carbonyl (C=O) groups is 2. The van der Waals surface area contributed by atoms with Crippen molar-refractivity contribution in [3.63, 3.8) is 0 Å². The zero-order chi connectivity index (χ0) is 24.3. The molecule has 0 aliphatic carbocycles. The molecule has 0 saturated heterocycles. The van der Waals surface area contributed by atoms with Gasteiger partial charge in [0, 0.05) is 41.7 Å². The molecule has 1 atom stereocenters. The van der Waals surface area contributed by atoms with Crippen molar-refractivity contribution >= 4 is 45.9 Å². The zero-order valence-electron chi connectivity index (χ0n) is 19.0. The molecule has 5 heterocycles. The van der Waals surface area contributed by atoms with Crippen LogP contribution < -0.4 is 0 Å². The van der Waals surface area contributed by atoms with Crippen molar-refractivity contribution in [2.75, 3.05) is 6.54 Å². The number of nitrogens with zero attached hydrogens (tertiary/aromatic N) is 5. The number of benzene rings is 1. The second-order valence-corrected chi connectivity index (χ2v) is 9.82. The third-order valence-corrected chi connectivity index (χ3v) is 7.63. The van der Waals surface area contributed by atoms with Crippen LogP contribution in [0.2, 0.25) is 10.0 Å². The Bertz CT molecular complexity index is 1480. The lowest BCUT2D eigenvalue weighted by Gasteiger charge is -2.33. The van der Waals surface area contributed by atoms with Crippen molar-refractivity contribution in [1.82, 2.24) is 29.5 Å². The van der Waals surface area contributed by atoms with Gasteiger partial charge >= 0.3 is 0 Å². The van der Waals surface area contributed by atoms with Gasteiger partial charge in [-0.15, -0.1) is 0 Å². The summed E-state index contributed by atoms with van der Waals surface area (Å²) in [5, 5.41) is 6.29. The van der Waals surface area contributed by atoms with Crippen molar-refractivity contribution in [3.05, 3.63) is 81.0 Å². The molecule has 6 rings (SSSR count). The summed E-state index contributed by atoms with van der Waals surface area (Å²) in [6.07, 6.45) is 2.31. The number of hydrogen-bond acceptors (Lipinski definition) is 4. The number of nitrogens with one attached hydrogen (secondary N) is 1. The normalized spacial score (nSPS) is 17.6. The fourth-order valence-electron chi connectivity index (χ4n) is 4.98. The molecule has 0 radical (unpaired) electrons. The SMILES string of the molecule is C[C@@H]1Cc2nn3c(c2CN1C(=O)c1cc2c(Cl)c(Cl)ccc2[nH]1)C(=O)N(Cc1ccccn1)CC3. The standard InChI is InChI=1S/C25H22Cl2N6O2/c1-14-10-20-17(13-32(14)24(34)21-11-16-19(29-21)6-5-18(26)22(16)27)23-25(35)31(8-9-33(23)30-20)12-15-4-2-3-7-28-15/h2-7,11,14,29H,8-10,12-13H2,1H3/t14-/m1/s1. The van der Waals surface area contributed by atoms with Crippen LogP contribution in [-0.2, 0) is 26.1 Å². The molecule has 35 heavy (non-hydrogen) atoms. The van der Waals surface area contributed by atoms with Crippen molar-refractivity contribution in [1.29, 1.82) is 0 Å². The molecule has 2 amide bonds. The van der Waals surface area contributed by atoms with E-state index >= 15 is 0 Å². The predicted molar refractivity (Wildman–Crippen MR) is 133 cm³/mol. The van der Waals surface area contributed by atoms with Gasteiger partial charge in [-0.1, -0.05) is 29.3 Å². The van der Waals surface area contributed by atoms with E-state index in [0.717, 1.165) is 22.5 Å². The zero-order valence-corrected chi connectivity index (χ0v) is 20.5. The molecule has 2 aliphatic rings. The molecule has 3 aromatic heterocycles. The Labute approximate surface area is 211 Å². The van der Waals surface area contributed by atoms with E-state index in [0.29, 0.717) is 59.4 Å². The number of hydrogen-bond donors (Lipinski definition) is 1. The molecular formula is C25H22Cl2N6O2. The molecule has 0 spiro atoms. The van der Waals surface area contributed by atoms with E-state index in [-0.39, 0.29) is 17.9 Å². The van der Waals surface area contributed by atoms with Gasteiger partial charge < -0.3 is 14.8 Å². The van der Waals surface area contributed by atoms with Gasteiger partial charge in [0.1, 0.15) is 11.4 Å². The van der Waals surface area contributed by atoms with E-state index in [1.807, 2.05) is 25.1 Å². The minimum absolute atomic E-state index is 0.0721.